The summed E-state index contributed by atoms with van der Waals surface area (Å²) in [6.07, 6.45) is 4.26. The first-order valence-electron chi connectivity index (χ1n) is 10.3. The van der Waals surface area contributed by atoms with E-state index in [2.05, 4.69) is 39.0 Å². The van der Waals surface area contributed by atoms with Gasteiger partial charge in [0.25, 0.3) is 0 Å². The Bertz CT molecular complexity index is 807. The molecule has 0 aromatic carbocycles. The van der Waals surface area contributed by atoms with Crippen LogP contribution in [0, 0.1) is 5.92 Å². The smallest absolute Gasteiger partial charge is 0.228 e. The van der Waals surface area contributed by atoms with Gasteiger partial charge in [-0.2, -0.15) is 15.2 Å². The average Bonchev–Trinajstić information content (AvgIpc) is 3.12. The Kier molecular flexibility index (Phi) is 7.68. The van der Waals surface area contributed by atoms with Crippen LogP contribution in [-0.4, -0.2) is 82.0 Å². The second-order valence-electron chi connectivity index (χ2n) is 7.81. The Hall–Kier alpha value is -2.17. The number of allylic oxidation sites excluding steroid dienone is 2. The molecular weight excluding hydrogens is 402 g/mol. The minimum Gasteiger partial charge on any atom is -0.611 e. The predicted octanol–water partition coefficient (Wildman–Crippen LogP) is 1.28. The van der Waals surface area contributed by atoms with Crippen molar-refractivity contribution in [2.75, 3.05) is 48.8 Å². The standard InChI is InChI=1S/C20H31N7O2S/c1-14(2)17(13-28)23-19-18-16(6-12-30(18)29)24-20(25-19)27-10-8-26(9-11-27)15(3)5-7-22-21-4/h5,7,14,17,28H,4,6,8-13H2,1-3H3,(H,23,24,25)/b15-5+,22-7-/t17-,30?/m0/s1. The molecule has 2 N–H and O–H groups in total. The van der Waals surface area contributed by atoms with Gasteiger partial charge in [-0.05, 0) is 30.1 Å². The fourth-order valence-electron chi connectivity index (χ4n) is 3.57. The Morgan fingerprint density at radius 3 is 2.70 bits per heavy atom. The van der Waals surface area contributed by atoms with E-state index in [4.69, 9.17) is 9.97 Å². The van der Waals surface area contributed by atoms with Crippen molar-refractivity contribution in [2.45, 2.75) is 38.1 Å². The molecule has 0 bridgehead atoms. The number of nitrogens with one attached hydrogen (secondary N) is 1. The van der Waals surface area contributed by atoms with Gasteiger partial charge >= 0.3 is 0 Å². The molecule has 0 spiro atoms. The number of fused-ring (bicyclic) bond motifs is 1. The molecular formula is C20H31N7O2S. The van der Waals surface area contributed by atoms with Crippen molar-refractivity contribution in [1.29, 1.82) is 0 Å². The molecule has 2 atom stereocenters. The van der Waals surface area contributed by atoms with Crippen LogP contribution in [0.15, 0.2) is 26.9 Å². The maximum absolute atomic E-state index is 12.5. The maximum atomic E-state index is 12.5. The van der Waals surface area contributed by atoms with E-state index in [1.165, 1.54) is 0 Å². The first kappa shape index (κ1) is 22.5. The molecule has 2 aliphatic heterocycles. The van der Waals surface area contributed by atoms with Gasteiger partial charge in [-0.3, -0.25) is 0 Å². The molecule has 0 radical (unpaired) electrons. The Balaban J connectivity index is 1.77. The number of aryl methyl sites for hydroxylation is 1. The minimum atomic E-state index is -1.10. The monoisotopic (exact) mass is 433 g/mol. The van der Waals surface area contributed by atoms with Crippen molar-refractivity contribution in [3.63, 3.8) is 0 Å². The molecule has 1 aromatic rings. The minimum absolute atomic E-state index is 0.00657. The number of piperazine rings is 1. The topological polar surface area (TPSA) is 112 Å². The molecule has 1 aromatic heterocycles. The van der Waals surface area contributed by atoms with Crippen LogP contribution < -0.4 is 10.2 Å². The Morgan fingerprint density at radius 1 is 1.33 bits per heavy atom. The van der Waals surface area contributed by atoms with Crippen LogP contribution >= 0.6 is 0 Å². The zero-order valence-electron chi connectivity index (χ0n) is 17.9. The van der Waals surface area contributed by atoms with E-state index in [0.717, 1.165) is 37.6 Å². The van der Waals surface area contributed by atoms with E-state index in [1.807, 2.05) is 19.9 Å². The lowest BCUT2D eigenvalue weighted by Gasteiger charge is -2.36. The lowest BCUT2D eigenvalue weighted by Crippen LogP contribution is -2.46. The fraction of sp³-hybridized carbons (Fsp3) is 0.600. The predicted molar refractivity (Wildman–Crippen MR) is 122 cm³/mol. The van der Waals surface area contributed by atoms with Gasteiger partial charge in [0.2, 0.25) is 10.8 Å². The van der Waals surface area contributed by atoms with E-state index in [1.54, 1.807) is 6.21 Å². The molecule has 1 unspecified atom stereocenters. The molecule has 0 amide bonds. The first-order valence-corrected chi connectivity index (χ1v) is 11.6. The van der Waals surface area contributed by atoms with Gasteiger partial charge in [0.1, 0.15) is 11.4 Å². The Labute approximate surface area is 181 Å². The second-order valence-corrected chi connectivity index (χ2v) is 9.32. The van der Waals surface area contributed by atoms with E-state index in [-0.39, 0.29) is 18.6 Å². The van der Waals surface area contributed by atoms with Crippen molar-refractivity contribution in [3.05, 3.63) is 17.5 Å². The highest BCUT2D eigenvalue weighted by Gasteiger charge is 2.34. The zero-order chi connectivity index (χ0) is 21.7. The lowest BCUT2D eigenvalue weighted by atomic mass is 10.1. The number of nitrogens with zero attached hydrogens (tertiary/aromatic N) is 6. The van der Waals surface area contributed by atoms with Crippen LogP contribution in [0.25, 0.3) is 0 Å². The van der Waals surface area contributed by atoms with Gasteiger partial charge in [0.15, 0.2) is 5.82 Å². The molecule has 0 aliphatic carbocycles. The lowest BCUT2D eigenvalue weighted by molar-refractivity contribution is 0.248. The molecule has 9 nitrogen and oxygen atoms in total. The maximum Gasteiger partial charge on any atom is 0.228 e. The summed E-state index contributed by atoms with van der Waals surface area (Å²) in [4.78, 5) is 14.6. The Morgan fingerprint density at radius 2 is 2.07 bits per heavy atom. The normalized spacial score (nSPS) is 20.7. The molecule has 164 valence electrons. The van der Waals surface area contributed by atoms with Crippen molar-refractivity contribution < 1.29 is 9.66 Å². The summed E-state index contributed by atoms with van der Waals surface area (Å²) < 4.78 is 12.5. The van der Waals surface area contributed by atoms with Crippen molar-refractivity contribution in [2.24, 2.45) is 16.1 Å². The molecule has 10 heteroatoms. The highest BCUT2D eigenvalue weighted by atomic mass is 32.2. The molecule has 3 heterocycles. The molecule has 0 saturated carbocycles. The van der Waals surface area contributed by atoms with E-state index >= 15 is 0 Å². The summed E-state index contributed by atoms with van der Waals surface area (Å²) in [6, 6.07) is -0.147. The van der Waals surface area contributed by atoms with Crippen LogP contribution in [-0.2, 0) is 17.6 Å². The van der Waals surface area contributed by atoms with Crippen LogP contribution in [0.1, 0.15) is 26.5 Å². The zero-order valence-corrected chi connectivity index (χ0v) is 18.7. The summed E-state index contributed by atoms with van der Waals surface area (Å²) in [7, 11) is 0. The van der Waals surface area contributed by atoms with E-state index in [0.29, 0.717) is 28.8 Å². The molecule has 1 saturated heterocycles. The van der Waals surface area contributed by atoms with Crippen LogP contribution in [0.5, 0.6) is 0 Å². The number of rotatable bonds is 8. The highest BCUT2D eigenvalue weighted by molar-refractivity contribution is 7.91. The first-order chi connectivity index (χ1) is 14.4. The van der Waals surface area contributed by atoms with Gasteiger partial charge < -0.3 is 24.8 Å². The number of aliphatic hydroxyl groups excluding tert-OH is 1. The van der Waals surface area contributed by atoms with Gasteiger partial charge in [0.05, 0.1) is 18.9 Å². The number of aromatic nitrogens is 2. The van der Waals surface area contributed by atoms with Gasteiger partial charge in [0, 0.05) is 45.0 Å². The van der Waals surface area contributed by atoms with E-state index in [9.17, 15) is 9.66 Å². The second kappa shape index (κ2) is 10.2. The third kappa shape index (κ3) is 5.11. The van der Waals surface area contributed by atoms with Crippen molar-refractivity contribution in [1.82, 2.24) is 14.9 Å². The summed E-state index contributed by atoms with van der Waals surface area (Å²) in [5.41, 5.74) is 1.98. The molecule has 1 fully saturated rings. The van der Waals surface area contributed by atoms with Gasteiger partial charge in [-0.25, -0.2) is 4.98 Å². The summed E-state index contributed by atoms with van der Waals surface area (Å²) in [6.45, 7) is 12.7. The van der Waals surface area contributed by atoms with Crippen molar-refractivity contribution >= 4 is 35.9 Å². The quantitative estimate of drug-likeness (QED) is 0.361. The number of anilines is 2. The fourth-order valence-corrected chi connectivity index (χ4v) is 4.89. The highest BCUT2D eigenvalue weighted by Crippen LogP contribution is 2.33. The van der Waals surface area contributed by atoms with Crippen molar-refractivity contribution in [3.8, 4) is 0 Å². The summed E-state index contributed by atoms with van der Waals surface area (Å²) in [5.74, 6) is 2.06. The van der Waals surface area contributed by atoms with Gasteiger partial charge in [-0.15, -0.1) is 0 Å². The largest absolute Gasteiger partial charge is 0.611 e. The van der Waals surface area contributed by atoms with Crippen LogP contribution in [0.3, 0.4) is 0 Å². The van der Waals surface area contributed by atoms with Crippen LogP contribution in [0.2, 0.25) is 0 Å². The van der Waals surface area contributed by atoms with E-state index < -0.39 is 11.2 Å². The number of hydrogen-bond acceptors (Lipinski definition) is 9. The SMILES string of the molecule is C=N/N=C\C=C(/C)N1CCN(c2nc3c(c(N[C@@H](CO)C(C)C)n2)[S+]([O-])CC3)CC1. The average molecular weight is 434 g/mol. The third-order valence-electron chi connectivity index (χ3n) is 5.52. The molecule has 3 rings (SSSR count). The summed E-state index contributed by atoms with van der Waals surface area (Å²) >= 11 is -1.10. The number of hydrogen-bond donors (Lipinski definition) is 2. The third-order valence-corrected chi connectivity index (χ3v) is 6.98. The van der Waals surface area contributed by atoms with Crippen LogP contribution in [0.4, 0.5) is 11.8 Å². The number of aliphatic hydroxyl groups is 1. The molecule has 2 aliphatic rings. The molecule has 30 heavy (non-hydrogen) atoms. The summed E-state index contributed by atoms with van der Waals surface area (Å²) in [5, 5.41) is 20.3. The van der Waals surface area contributed by atoms with Gasteiger partial charge in [-0.1, -0.05) is 13.8 Å².